The van der Waals surface area contributed by atoms with E-state index in [0.717, 1.165) is 5.56 Å². The number of rotatable bonds is 3. The molecule has 1 rings (SSSR count). The Kier molecular flexibility index (Phi) is 3.24. The third-order valence-electron chi connectivity index (χ3n) is 1.79. The Bertz CT molecular complexity index is 359. The molecule has 0 saturated carbocycles. The van der Waals surface area contributed by atoms with Crippen LogP contribution in [-0.4, -0.2) is 23.0 Å². The molecule has 0 spiro atoms. The fourth-order valence-corrected chi connectivity index (χ4v) is 1.76. The van der Waals surface area contributed by atoms with E-state index in [0.29, 0.717) is 4.88 Å². The molecule has 5 heteroatoms. The van der Waals surface area contributed by atoms with Crippen LogP contribution in [0.1, 0.15) is 22.2 Å². The molecule has 0 bridgehead atoms. The molecule has 76 valence electrons. The number of carboxylic acids is 1. The van der Waals surface area contributed by atoms with Crippen molar-refractivity contribution >= 4 is 23.2 Å². The van der Waals surface area contributed by atoms with Crippen LogP contribution in [-0.2, 0) is 4.79 Å². The summed E-state index contributed by atoms with van der Waals surface area (Å²) in [5, 5.41) is 12.8. The van der Waals surface area contributed by atoms with Gasteiger partial charge < -0.3 is 10.4 Å². The Morgan fingerprint density at radius 3 is 2.64 bits per heavy atom. The lowest BCUT2D eigenvalue weighted by Crippen LogP contribution is -2.38. The molecule has 0 aliphatic carbocycles. The molecule has 0 aliphatic heterocycles. The van der Waals surface area contributed by atoms with E-state index in [1.165, 1.54) is 18.3 Å². The molecule has 0 aliphatic rings. The Morgan fingerprint density at radius 1 is 1.57 bits per heavy atom. The van der Waals surface area contributed by atoms with Gasteiger partial charge in [-0.3, -0.25) is 9.59 Å². The molecular formula is C9H11NO3S. The molecule has 4 nitrogen and oxygen atoms in total. The largest absolute Gasteiger partial charge is 0.480 e. The van der Waals surface area contributed by atoms with Crippen LogP contribution in [0, 0.1) is 6.92 Å². The van der Waals surface area contributed by atoms with Gasteiger partial charge in [0.1, 0.15) is 6.04 Å². The van der Waals surface area contributed by atoms with E-state index in [-0.39, 0.29) is 5.91 Å². The van der Waals surface area contributed by atoms with Crippen molar-refractivity contribution in [3.8, 4) is 0 Å². The fourth-order valence-electron chi connectivity index (χ4n) is 0.929. The molecule has 0 saturated heterocycles. The molecule has 2 N–H and O–H groups in total. The second kappa shape index (κ2) is 4.23. The van der Waals surface area contributed by atoms with Crippen LogP contribution >= 0.6 is 11.3 Å². The van der Waals surface area contributed by atoms with Gasteiger partial charge in [0.2, 0.25) is 0 Å². The smallest absolute Gasteiger partial charge is 0.325 e. The molecule has 0 radical (unpaired) electrons. The quantitative estimate of drug-likeness (QED) is 0.794. The minimum Gasteiger partial charge on any atom is -0.480 e. The monoisotopic (exact) mass is 213 g/mol. The summed E-state index contributed by atoms with van der Waals surface area (Å²) in [6.45, 7) is 3.25. The summed E-state index contributed by atoms with van der Waals surface area (Å²) >= 11 is 1.31. The van der Waals surface area contributed by atoms with E-state index < -0.39 is 12.0 Å². The molecule has 1 heterocycles. The summed E-state index contributed by atoms with van der Waals surface area (Å²) in [7, 11) is 0. The van der Waals surface area contributed by atoms with Gasteiger partial charge in [0.05, 0.1) is 4.88 Å². The van der Waals surface area contributed by atoms with E-state index in [9.17, 15) is 9.59 Å². The van der Waals surface area contributed by atoms with E-state index in [2.05, 4.69) is 5.32 Å². The highest BCUT2D eigenvalue weighted by Gasteiger charge is 2.17. The predicted octanol–water partition coefficient (Wildman–Crippen LogP) is 1.26. The van der Waals surface area contributed by atoms with Gasteiger partial charge >= 0.3 is 5.97 Å². The van der Waals surface area contributed by atoms with Crippen LogP contribution in [0.4, 0.5) is 0 Å². The first-order valence-corrected chi connectivity index (χ1v) is 4.98. The Labute approximate surface area is 85.6 Å². The molecule has 14 heavy (non-hydrogen) atoms. The summed E-state index contributed by atoms with van der Waals surface area (Å²) < 4.78 is 0. The third kappa shape index (κ3) is 2.32. The van der Waals surface area contributed by atoms with Gasteiger partial charge in [-0.2, -0.15) is 0 Å². The van der Waals surface area contributed by atoms with Crippen LogP contribution in [0.25, 0.3) is 0 Å². The minimum atomic E-state index is -1.03. The van der Waals surface area contributed by atoms with Crippen molar-refractivity contribution in [1.29, 1.82) is 0 Å². The maximum Gasteiger partial charge on any atom is 0.325 e. The molecule has 1 aromatic rings. The first kappa shape index (κ1) is 10.7. The van der Waals surface area contributed by atoms with E-state index in [4.69, 9.17) is 5.11 Å². The van der Waals surface area contributed by atoms with Crippen molar-refractivity contribution in [2.24, 2.45) is 0 Å². The number of hydrogen-bond donors (Lipinski definition) is 2. The zero-order chi connectivity index (χ0) is 10.7. The van der Waals surface area contributed by atoms with Crippen molar-refractivity contribution < 1.29 is 14.7 Å². The zero-order valence-corrected chi connectivity index (χ0v) is 8.72. The topological polar surface area (TPSA) is 66.4 Å². The average Bonchev–Trinajstić information content (AvgIpc) is 2.51. The molecule has 1 amide bonds. The maximum absolute atomic E-state index is 11.5. The number of carbonyl (C=O) groups excluding carboxylic acids is 1. The standard InChI is InChI=1S/C9H11NO3S/c1-5-3-4-14-7(5)8(11)10-6(2)9(12)13/h3-4,6H,1-2H3,(H,10,11)(H,12,13). The van der Waals surface area contributed by atoms with Crippen molar-refractivity contribution in [1.82, 2.24) is 5.32 Å². The predicted molar refractivity (Wildman–Crippen MR) is 53.6 cm³/mol. The number of carboxylic acid groups (broad SMARTS) is 1. The van der Waals surface area contributed by atoms with Gasteiger partial charge in [0, 0.05) is 0 Å². The lowest BCUT2D eigenvalue weighted by atomic mass is 10.2. The average molecular weight is 213 g/mol. The number of aliphatic carboxylic acids is 1. The van der Waals surface area contributed by atoms with Crippen LogP contribution in [0.15, 0.2) is 11.4 Å². The molecule has 1 atom stereocenters. The van der Waals surface area contributed by atoms with Crippen molar-refractivity contribution in [3.63, 3.8) is 0 Å². The van der Waals surface area contributed by atoms with Gasteiger partial charge in [-0.05, 0) is 30.9 Å². The SMILES string of the molecule is Cc1ccsc1C(=O)NC(C)C(=O)O. The number of carbonyl (C=O) groups is 2. The summed E-state index contributed by atoms with van der Waals surface area (Å²) in [5.74, 6) is -1.36. The van der Waals surface area contributed by atoms with E-state index in [1.54, 1.807) is 5.38 Å². The van der Waals surface area contributed by atoms with Crippen LogP contribution < -0.4 is 5.32 Å². The number of thiophene rings is 1. The summed E-state index contributed by atoms with van der Waals surface area (Å²) in [4.78, 5) is 22.5. The minimum absolute atomic E-state index is 0.326. The van der Waals surface area contributed by atoms with Gasteiger partial charge in [-0.25, -0.2) is 0 Å². The molecule has 0 aromatic carbocycles. The first-order valence-electron chi connectivity index (χ1n) is 4.10. The van der Waals surface area contributed by atoms with E-state index >= 15 is 0 Å². The molecule has 1 aromatic heterocycles. The third-order valence-corrected chi connectivity index (χ3v) is 2.80. The second-order valence-electron chi connectivity index (χ2n) is 2.97. The lowest BCUT2D eigenvalue weighted by molar-refractivity contribution is -0.138. The second-order valence-corrected chi connectivity index (χ2v) is 3.88. The number of nitrogens with one attached hydrogen (secondary N) is 1. The highest BCUT2D eigenvalue weighted by atomic mass is 32.1. The number of aryl methyl sites for hydroxylation is 1. The Balaban J connectivity index is 2.69. The first-order chi connectivity index (χ1) is 6.52. The van der Waals surface area contributed by atoms with Gasteiger partial charge in [-0.1, -0.05) is 0 Å². The summed E-state index contributed by atoms with van der Waals surface area (Å²) in [6, 6.07) is 0.967. The van der Waals surface area contributed by atoms with Gasteiger partial charge in [0.25, 0.3) is 5.91 Å². The van der Waals surface area contributed by atoms with Crippen LogP contribution in [0.5, 0.6) is 0 Å². The molecule has 1 unspecified atom stereocenters. The van der Waals surface area contributed by atoms with Crippen molar-refractivity contribution in [2.45, 2.75) is 19.9 Å². The van der Waals surface area contributed by atoms with Crippen LogP contribution in [0.2, 0.25) is 0 Å². The zero-order valence-electron chi connectivity index (χ0n) is 7.90. The van der Waals surface area contributed by atoms with Crippen molar-refractivity contribution in [3.05, 3.63) is 21.9 Å². The lowest BCUT2D eigenvalue weighted by Gasteiger charge is -2.08. The maximum atomic E-state index is 11.5. The highest BCUT2D eigenvalue weighted by molar-refractivity contribution is 7.12. The fraction of sp³-hybridized carbons (Fsp3) is 0.333. The van der Waals surface area contributed by atoms with E-state index in [1.807, 2.05) is 13.0 Å². The van der Waals surface area contributed by atoms with Crippen molar-refractivity contribution in [2.75, 3.05) is 0 Å². The van der Waals surface area contributed by atoms with Crippen LogP contribution in [0.3, 0.4) is 0 Å². The van der Waals surface area contributed by atoms with Gasteiger partial charge in [0.15, 0.2) is 0 Å². The Hall–Kier alpha value is -1.36. The molecule has 0 fully saturated rings. The summed E-state index contributed by atoms with van der Waals surface area (Å²) in [5.41, 5.74) is 0.866. The molecular weight excluding hydrogens is 202 g/mol. The summed E-state index contributed by atoms with van der Waals surface area (Å²) in [6.07, 6.45) is 0. The Morgan fingerprint density at radius 2 is 2.21 bits per heavy atom. The number of amides is 1. The number of hydrogen-bond acceptors (Lipinski definition) is 3. The normalized spacial score (nSPS) is 12.1. The highest BCUT2D eigenvalue weighted by Crippen LogP contribution is 2.15. The van der Waals surface area contributed by atoms with Gasteiger partial charge in [-0.15, -0.1) is 11.3 Å².